The molecule has 0 atom stereocenters. The first-order chi connectivity index (χ1) is 15.7. The van der Waals surface area contributed by atoms with Crippen LogP contribution in [-0.4, -0.2) is 56.9 Å². The first-order valence-corrected chi connectivity index (χ1v) is 11.4. The lowest BCUT2D eigenvalue weighted by molar-refractivity contribution is -0.142. The minimum absolute atomic E-state index is 0.0103. The Bertz CT molecular complexity index is 1030. The molecule has 1 aliphatic rings. The van der Waals surface area contributed by atoms with Crippen LogP contribution in [0.5, 0.6) is 0 Å². The Morgan fingerprint density at radius 1 is 1.09 bits per heavy atom. The molecule has 1 fully saturated rings. The second-order valence-electron chi connectivity index (χ2n) is 8.05. The minimum atomic E-state index is -1.15. The van der Waals surface area contributed by atoms with Gasteiger partial charge in [-0.05, 0) is 31.9 Å². The van der Waals surface area contributed by atoms with E-state index in [0.717, 1.165) is 42.6 Å². The van der Waals surface area contributed by atoms with Crippen LogP contribution in [0.25, 0.3) is 0 Å². The quantitative estimate of drug-likeness (QED) is 0.383. The molecule has 11 heteroatoms. The van der Waals surface area contributed by atoms with E-state index >= 15 is 0 Å². The third-order valence-electron chi connectivity index (χ3n) is 5.29. The van der Waals surface area contributed by atoms with Gasteiger partial charge in [-0.3, -0.25) is 24.6 Å². The molecule has 0 aliphatic heterocycles. The summed E-state index contributed by atoms with van der Waals surface area (Å²) in [6, 6.07) is 4.76. The number of carboxylic acids is 2. The topological polar surface area (TPSA) is 149 Å². The summed E-state index contributed by atoms with van der Waals surface area (Å²) < 4.78 is 0. The first-order valence-electron chi connectivity index (χ1n) is 10.5. The number of carbonyl (C=O) groups excluding carboxylic acids is 2. The van der Waals surface area contributed by atoms with E-state index in [-0.39, 0.29) is 23.4 Å². The zero-order chi connectivity index (χ0) is 24.0. The number of hydrogen-bond donors (Lipinski definition) is 4. The molecule has 0 bridgehead atoms. The van der Waals surface area contributed by atoms with E-state index in [1.54, 1.807) is 17.5 Å². The summed E-state index contributed by atoms with van der Waals surface area (Å²) in [4.78, 5) is 52.8. The highest BCUT2D eigenvalue weighted by Crippen LogP contribution is 2.31. The molecule has 4 N–H and O–H groups in total. The first kappa shape index (κ1) is 24.3. The number of benzene rings is 1. The fourth-order valence-electron chi connectivity index (χ4n) is 3.85. The van der Waals surface area contributed by atoms with Gasteiger partial charge in [-0.25, -0.2) is 9.78 Å². The Kier molecular flexibility index (Phi) is 8.12. The molecule has 10 nitrogen and oxygen atoms in total. The molecule has 33 heavy (non-hydrogen) atoms. The number of anilines is 2. The number of carboxylic acid groups (broad SMARTS) is 2. The largest absolute Gasteiger partial charge is 0.480 e. The fraction of sp³-hybridized carbons (Fsp3) is 0.409. The van der Waals surface area contributed by atoms with Crippen LogP contribution >= 0.6 is 11.3 Å². The second-order valence-corrected chi connectivity index (χ2v) is 8.91. The van der Waals surface area contributed by atoms with Gasteiger partial charge in [0.25, 0.3) is 0 Å². The Labute approximate surface area is 194 Å². The van der Waals surface area contributed by atoms with E-state index in [4.69, 9.17) is 10.2 Å². The third-order valence-corrected chi connectivity index (χ3v) is 6.10. The molecule has 1 aliphatic carbocycles. The summed E-state index contributed by atoms with van der Waals surface area (Å²) in [6.45, 7) is 1.01. The Morgan fingerprint density at radius 2 is 1.76 bits per heavy atom. The average molecular weight is 475 g/mol. The van der Waals surface area contributed by atoms with Gasteiger partial charge < -0.3 is 15.5 Å². The van der Waals surface area contributed by atoms with Crippen molar-refractivity contribution in [1.82, 2.24) is 9.88 Å². The van der Waals surface area contributed by atoms with E-state index in [1.165, 1.54) is 4.90 Å². The van der Waals surface area contributed by atoms with Crippen LogP contribution in [0, 0.1) is 12.8 Å². The number of rotatable bonds is 10. The normalized spacial score (nSPS) is 13.8. The van der Waals surface area contributed by atoms with Crippen molar-refractivity contribution in [2.45, 2.75) is 39.2 Å². The second kappa shape index (κ2) is 11.0. The van der Waals surface area contributed by atoms with Crippen LogP contribution in [0.3, 0.4) is 0 Å². The maximum atomic E-state index is 12.9. The minimum Gasteiger partial charge on any atom is -0.480 e. The number of aromatic nitrogens is 1. The van der Waals surface area contributed by atoms with Gasteiger partial charge in [0.05, 0.1) is 24.5 Å². The van der Waals surface area contributed by atoms with Gasteiger partial charge in [-0.2, -0.15) is 0 Å². The molecular weight excluding hydrogens is 448 g/mol. The van der Waals surface area contributed by atoms with Gasteiger partial charge in [-0.15, -0.1) is 11.3 Å². The van der Waals surface area contributed by atoms with E-state index in [2.05, 4.69) is 15.6 Å². The van der Waals surface area contributed by atoms with Crippen molar-refractivity contribution in [3.8, 4) is 0 Å². The van der Waals surface area contributed by atoms with E-state index in [0.29, 0.717) is 16.9 Å². The number of Topliss-reactive ketones (excluding diaryl/α,β-unsaturated/α-hetero) is 1. The monoisotopic (exact) mass is 474 g/mol. The van der Waals surface area contributed by atoms with Crippen molar-refractivity contribution >= 4 is 45.9 Å². The number of ketones is 1. The average Bonchev–Trinajstić information content (AvgIpc) is 3.40. The smallest absolute Gasteiger partial charge is 0.325 e. The number of aliphatic carboxylic acids is 2. The zero-order valence-corrected chi connectivity index (χ0v) is 19.0. The highest BCUT2D eigenvalue weighted by Gasteiger charge is 2.26. The number of hydrogen-bond acceptors (Lipinski definition) is 7. The maximum absolute atomic E-state index is 12.9. The molecule has 0 radical (unpaired) electrons. The molecule has 2 amide bonds. The number of urea groups is 1. The Hall–Kier alpha value is -3.31. The van der Waals surface area contributed by atoms with E-state index < -0.39 is 31.1 Å². The molecular formula is C22H26N4O6S. The summed E-state index contributed by atoms with van der Waals surface area (Å²) in [6.07, 6.45) is 3.80. The van der Waals surface area contributed by atoms with Crippen molar-refractivity contribution in [2.24, 2.45) is 5.92 Å². The predicted octanol–water partition coefficient (Wildman–Crippen LogP) is 3.44. The van der Waals surface area contributed by atoms with Gasteiger partial charge in [0.1, 0.15) is 0 Å². The summed E-state index contributed by atoms with van der Waals surface area (Å²) >= 11 is 1.13. The molecule has 3 rings (SSSR count). The summed E-state index contributed by atoms with van der Waals surface area (Å²) in [5.41, 5.74) is 2.29. The summed E-state index contributed by atoms with van der Waals surface area (Å²) in [5.74, 6) is -2.27. The molecule has 1 heterocycles. The number of nitrogens with zero attached hydrogens (tertiary/aromatic N) is 2. The molecule has 0 spiro atoms. The van der Waals surface area contributed by atoms with Gasteiger partial charge >= 0.3 is 18.0 Å². The molecule has 1 aromatic carbocycles. The Balaban J connectivity index is 1.65. The number of aryl methyl sites for hydroxylation is 1. The van der Waals surface area contributed by atoms with Crippen molar-refractivity contribution in [1.29, 1.82) is 0 Å². The fourth-order valence-corrected chi connectivity index (χ4v) is 4.54. The van der Waals surface area contributed by atoms with Crippen LogP contribution in [-0.2, 0) is 16.1 Å². The standard InChI is InChI=1S/C22H26N4O6S/c1-13-6-7-17(16(8-13)20(31)14-4-2-3-5-14)24-21(32)25-22-23-15(12-33-22)9-26(10-18(27)28)11-19(29)30/h6-8,12,14H,2-5,9-11H2,1H3,(H,27,28)(H,29,30)(H2,23,24,25,32). The van der Waals surface area contributed by atoms with Crippen LogP contribution in [0.1, 0.15) is 47.3 Å². The Morgan fingerprint density at radius 3 is 2.39 bits per heavy atom. The van der Waals surface area contributed by atoms with Crippen molar-refractivity contribution in [3.63, 3.8) is 0 Å². The van der Waals surface area contributed by atoms with E-state index in [1.807, 2.05) is 13.0 Å². The van der Waals surface area contributed by atoms with Gasteiger partial charge in [0.2, 0.25) is 0 Å². The van der Waals surface area contributed by atoms with E-state index in [9.17, 15) is 19.2 Å². The number of amides is 2. The van der Waals surface area contributed by atoms with Crippen LogP contribution in [0.4, 0.5) is 15.6 Å². The van der Waals surface area contributed by atoms with Crippen LogP contribution < -0.4 is 10.6 Å². The lowest BCUT2D eigenvalue weighted by Crippen LogP contribution is -2.34. The summed E-state index contributed by atoms with van der Waals surface area (Å²) in [7, 11) is 0. The van der Waals surface area contributed by atoms with Crippen molar-refractivity contribution < 1.29 is 29.4 Å². The number of thiazole rings is 1. The SMILES string of the molecule is Cc1ccc(NC(=O)Nc2nc(CN(CC(=O)O)CC(=O)O)cs2)c(C(=O)C2CCCC2)c1. The maximum Gasteiger partial charge on any atom is 0.325 e. The van der Waals surface area contributed by atoms with Crippen molar-refractivity contribution in [2.75, 3.05) is 23.7 Å². The summed E-state index contributed by atoms with van der Waals surface area (Å²) in [5, 5.41) is 25.1. The van der Waals surface area contributed by atoms with Crippen LogP contribution in [0.2, 0.25) is 0 Å². The van der Waals surface area contributed by atoms with Gasteiger partial charge in [0, 0.05) is 23.4 Å². The molecule has 176 valence electrons. The molecule has 0 saturated heterocycles. The molecule has 1 aromatic heterocycles. The highest BCUT2D eigenvalue weighted by atomic mass is 32.1. The predicted molar refractivity (Wildman–Crippen MR) is 123 cm³/mol. The lowest BCUT2D eigenvalue weighted by atomic mass is 9.94. The zero-order valence-electron chi connectivity index (χ0n) is 18.2. The number of carbonyl (C=O) groups is 4. The van der Waals surface area contributed by atoms with Gasteiger partial charge in [-0.1, -0.05) is 24.5 Å². The highest BCUT2D eigenvalue weighted by molar-refractivity contribution is 7.13. The van der Waals surface area contributed by atoms with Gasteiger partial charge in [0.15, 0.2) is 10.9 Å². The van der Waals surface area contributed by atoms with Crippen LogP contribution in [0.15, 0.2) is 23.6 Å². The molecule has 2 aromatic rings. The lowest BCUT2D eigenvalue weighted by Gasteiger charge is -2.16. The van der Waals surface area contributed by atoms with Crippen molar-refractivity contribution in [3.05, 3.63) is 40.4 Å². The number of nitrogens with one attached hydrogen (secondary N) is 2. The molecule has 1 saturated carbocycles. The third kappa shape index (κ3) is 7.09. The molecule has 0 unspecified atom stereocenters.